The van der Waals surface area contributed by atoms with E-state index in [1.165, 1.54) is 4.90 Å². The van der Waals surface area contributed by atoms with E-state index in [9.17, 15) is 14.7 Å². The van der Waals surface area contributed by atoms with Crippen LogP contribution in [-0.4, -0.2) is 41.2 Å². The van der Waals surface area contributed by atoms with Gasteiger partial charge in [-0.25, -0.2) is 4.79 Å². The monoisotopic (exact) mass is 360 g/mol. The summed E-state index contributed by atoms with van der Waals surface area (Å²) in [5, 5.41) is 10.4. The van der Waals surface area contributed by atoms with Gasteiger partial charge in [0.25, 0.3) is 5.91 Å². The number of benzene rings is 1. The summed E-state index contributed by atoms with van der Waals surface area (Å²) in [6, 6.07) is 3.51. The molecule has 1 aromatic carbocycles. The SMILES string of the molecule is C=CCC(O)c1ccc(N(C(=O)OCC)C(C)(C)C)c2c1CN(C)C2=O. The van der Waals surface area contributed by atoms with E-state index in [2.05, 4.69) is 6.58 Å². The standard InChI is InChI=1S/C20H28N2O4/c1-7-9-16(23)13-10-11-15(17-14(13)12-21(6)18(17)24)22(20(3,4)5)19(25)26-8-2/h7,10-11,16,23H,1,8-9,12H2,2-6H3. The van der Waals surface area contributed by atoms with Crippen molar-refractivity contribution < 1.29 is 19.4 Å². The van der Waals surface area contributed by atoms with Crippen molar-refractivity contribution in [2.75, 3.05) is 18.6 Å². The molecule has 1 aromatic rings. The van der Waals surface area contributed by atoms with E-state index in [4.69, 9.17) is 4.74 Å². The van der Waals surface area contributed by atoms with E-state index in [-0.39, 0.29) is 12.5 Å². The zero-order valence-electron chi connectivity index (χ0n) is 16.2. The molecule has 0 saturated heterocycles. The fraction of sp³-hybridized carbons (Fsp3) is 0.500. The summed E-state index contributed by atoms with van der Waals surface area (Å²) < 4.78 is 5.22. The van der Waals surface area contributed by atoms with E-state index in [1.807, 2.05) is 20.8 Å². The smallest absolute Gasteiger partial charge is 0.414 e. The summed E-state index contributed by atoms with van der Waals surface area (Å²) in [5.41, 5.74) is 1.83. The second-order valence-electron chi connectivity index (χ2n) is 7.43. The number of aliphatic hydroxyl groups excluding tert-OH is 1. The lowest BCUT2D eigenvalue weighted by atomic mass is 9.94. The largest absolute Gasteiger partial charge is 0.449 e. The highest BCUT2D eigenvalue weighted by Gasteiger charge is 2.38. The van der Waals surface area contributed by atoms with Crippen LogP contribution in [0.2, 0.25) is 0 Å². The van der Waals surface area contributed by atoms with Gasteiger partial charge < -0.3 is 14.7 Å². The van der Waals surface area contributed by atoms with Gasteiger partial charge in [0.15, 0.2) is 0 Å². The molecule has 2 rings (SSSR count). The maximum absolute atomic E-state index is 12.8. The fourth-order valence-corrected chi connectivity index (χ4v) is 3.27. The van der Waals surface area contributed by atoms with Crippen LogP contribution in [0.1, 0.15) is 61.7 Å². The number of rotatable bonds is 5. The van der Waals surface area contributed by atoms with Gasteiger partial charge in [-0.05, 0) is 51.3 Å². The molecular weight excluding hydrogens is 332 g/mol. The molecule has 0 bridgehead atoms. The lowest BCUT2D eigenvalue weighted by Gasteiger charge is -2.35. The fourth-order valence-electron chi connectivity index (χ4n) is 3.27. The van der Waals surface area contributed by atoms with Gasteiger partial charge in [0.1, 0.15) is 0 Å². The Labute approximate surface area is 155 Å². The number of hydrogen-bond donors (Lipinski definition) is 1. The third-order valence-corrected chi connectivity index (χ3v) is 4.39. The first-order valence-electron chi connectivity index (χ1n) is 8.80. The second-order valence-corrected chi connectivity index (χ2v) is 7.43. The summed E-state index contributed by atoms with van der Waals surface area (Å²) in [5.74, 6) is -0.166. The van der Waals surface area contributed by atoms with Crippen molar-refractivity contribution in [3.63, 3.8) is 0 Å². The van der Waals surface area contributed by atoms with Crippen molar-refractivity contribution in [1.29, 1.82) is 0 Å². The number of hydrogen-bond acceptors (Lipinski definition) is 4. The molecule has 1 aliphatic rings. The average molecular weight is 360 g/mol. The summed E-state index contributed by atoms with van der Waals surface area (Å²) in [6.07, 6.45) is 0.806. The molecule has 0 aromatic heterocycles. The minimum atomic E-state index is -0.736. The summed E-state index contributed by atoms with van der Waals surface area (Å²) in [7, 11) is 1.71. The van der Waals surface area contributed by atoms with Crippen LogP contribution in [0.4, 0.5) is 10.5 Å². The van der Waals surface area contributed by atoms with Crippen LogP contribution in [0.15, 0.2) is 24.8 Å². The second kappa shape index (κ2) is 7.50. The molecule has 26 heavy (non-hydrogen) atoms. The van der Waals surface area contributed by atoms with Gasteiger partial charge in [0.05, 0.1) is 24.0 Å². The first kappa shape index (κ1) is 20.0. The lowest BCUT2D eigenvalue weighted by Crippen LogP contribution is -2.47. The zero-order valence-corrected chi connectivity index (χ0v) is 16.2. The minimum absolute atomic E-state index is 0.166. The Hall–Kier alpha value is -2.34. The van der Waals surface area contributed by atoms with Gasteiger partial charge in [-0.2, -0.15) is 0 Å². The first-order chi connectivity index (χ1) is 12.1. The molecule has 2 amide bonds. The zero-order chi connectivity index (χ0) is 19.6. The van der Waals surface area contributed by atoms with Gasteiger partial charge in [-0.3, -0.25) is 9.69 Å². The van der Waals surface area contributed by atoms with Crippen molar-refractivity contribution in [1.82, 2.24) is 4.90 Å². The van der Waals surface area contributed by atoms with Crippen molar-refractivity contribution in [3.8, 4) is 0 Å². The summed E-state index contributed by atoms with van der Waals surface area (Å²) in [4.78, 5) is 28.5. The summed E-state index contributed by atoms with van der Waals surface area (Å²) >= 11 is 0. The highest BCUT2D eigenvalue weighted by Crippen LogP contribution is 2.39. The van der Waals surface area contributed by atoms with E-state index in [0.717, 1.165) is 5.56 Å². The van der Waals surface area contributed by atoms with Crippen LogP contribution in [0.3, 0.4) is 0 Å². The van der Waals surface area contributed by atoms with Crippen LogP contribution in [0, 0.1) is 0 Å². The number of carbonyl (C=O) groups excluding carboxylic acids is 2. The Kier molecular flexibility index (Phi) is 5.76. The Morgan fingerprint density at radius 3 is 2.65 bits per heavy atom. The minimum Gasteiger partial charge on any atom is -0.449 e. The van der Waals surface area contributed by atoms with Gasteiger partial charge in [0, 0.05) is 19.1 Å². The number of aliphatic hydroxyl groups is 1. The van der Waals surface area contributed by atoms with Crippen LogP contribution in [0.25, 0.3) is 0 Å². The van der Waals surface area contributed by atoms with Crippen LogP contribution in [-0.2, 0) is 11.3 Å². The predicted molar refractivity (Wildman–Crippen MR) is 101 cm³/mol. The molecule has 0 fully saturated rings. The van der Waals surface area contributed by atoms with Crippen molar-refractivity contribution in [2.45, 2.75) is 52.3 Å². The molecule has 1 atom stereocenters. The van der Waals surface area contributed by atoms with E-state index >= 15 is 0 Å². The Morgan fingerprint density at radius 2 is 2.12 bits per heavy atom. The topological polar surface area (TPSA) is 70.1 Å². The predicted octanol–water partition coefficient (Wildman–Crippen LogP) is 3.64. The third kappa shape index (κ3) is 3.60. The first-order valence-corrected chi connectivity index (χ1v) is 8.80. The lowest BCUT2D eigenvalue weighted by molar-refractivity contribution is 0.0816. The highest BCUT2D eigenvalue weighted by atomic mass is 16.6. The van der Waals surface area contributed by atoms with Crippen LogP contribution in [0.5, 0.6) is 0 Å². The van der Waals surface area contributed by atoms with E-state index in [0.29, 0.717) is 29.8 Å². The third-order valence-electron chi connectivity index (χ3n) is 4.39. The van der Waals surface area contributed by atoms with E-state index in [1.54, 1.807) is 37.1 Å². The molecule has 1 N–H and O–H groups in total. The van der Waals surface area contributed by atoms with Gasteiger partial charge in [0.2, 0.25) is 0 Å². The van der Waals surface area contributed by atoms with Crippen LogP contribution >= 0.6 is 0 Å². The molecule has 6 nitrogen and oxygen atoms in total. The highest BCUT2D eigenvalue weighted by molar-refractivity contribution is 6.07. The maximum Gasteiger partial charge on any atom is 0.414 e. The molecule has 1 unspecified atom stereocenters. The van der Waals surface area contributed by atoms with E-state index < -0.39 is 17.7 Å². The molecule has 6 heteroatoms. The number of carbonyl (C=O) groups is 2. The van der Waals surface area contributed by atoms with Gasteiger partial charge in [-0.1, -0.05) is 12.1 Å². The average Bonchev–Trinajstić information content (AvgIpc) is 2.82. The number of fused-ring (bicyclic) bond motifs is 1. The normalized spacial score (nSPS) is 14.8. The molecule has 0 spiro atoms. The molecule has 0 radical (unpaired) electrons. The Bertz CT molecular complexity index is 721. The molecule has 142 valence electrons. The maximum atomic E-state index is 12.8. The molecular formula is C20H28N2O4. The van der Waals surface area contributed by atoms with Crippen molar-refractivity contribution >= 4 is 17.7 Å². The van der Waals surface area contributed by atoms with Gasteiger partial charge in [-0.15, -0.1) is 6.58 Å². The Morgan fingerprint density at radius 1 is 1.46 bits per heavy atom. The molecule has 1 aliphatic heterocycles. The van der Waals surface area contributed by atoms with Crippen molar-refractivity contribution in [2.24, 2.45) is 0 Å². The van der Waals surface area contributed by atoms with Gasteiger partial charge >= 0.3 is 6.09 Å². The molecule has 0 aliphatic carbocycles. The number of anilines is 1. The summed E-state index contributed by atoms with van der Waals surface area (Å²) in [6.45, 7) is 11.7. The number of amides is 2. The van der Waals surface area contributed by atoms with Crippen molar-refractivity contribution in [3.05, 3.63) is 41.5 Å². The molecule has 0 saturated carbocycles. The quantitative estimate of drug-likeness (QED) is 0.814. The number of ether oxygens (including phenoxy) is 1. The van der Waals surface area contributed by atoms with Crippen LogP contribution < -0.4 is 4.90 Å². The number of nitrogens with zero attached hydrogens (tertiary/aromatic N) is 2. The Balaban J connectivity index is 2.66. The molecule has 1 heterocycles.